The second kappa shape index (κ2) is 8.79. The van der Waals surface area contributed by atoms with Gasteiger partial charge in [0, 0.05) is 0 Å². The van der Waals surface area contributed by atoms with Crippen molar-refractivity contribution < 1.29 is 14.6 Å². The second-order valence-electron chi connectivity index (χ2n) is 6.67. The van der Waals surface area contributed by atoms with Gasteiger partial charge in [-0.15, -0.1) is 0 Å². The van der Waals surface area contributed by atoms with Crippen molar-refractivity contribution in [3.63, 3.8) is 0 Å². The van der Waals surface area contributed by atoms with Gasteiger partial charge < -0.3 is 15.6 Å². The van der Waals surface area contributed by atoms with Crippen LogP contribution in [-0.2, 0) is 4.74 Å². The SMILES string of the molecule is CC(C)C[C@H](OC(N)=O)[C@H](O)C[C@H](c1ccccc1)C(C)C. The Morgan fingerprint density at radius 3 is 2.18 bits per heavy atom. The van der Waals surface area contributed by atoms with Crippen LogP contribution in [0.25, 0.3) is 0 Å². The van der Waals surface area contributed by atoms with Gasteiger partial charge in [-0.1, -0.05) is 58.0 Å². The van der Waals surface area contributed by atoms with E-state index in [0.717, 1.165) is 0 Å². The molecule has 0 saturated carbocycles. The van der Waals surface area contributed by atoms with Crippen LogP contribution < -0.4 is 5.73 Å². The number of amides is 1. The summed E-state index contributed by atoms with van der Waals surface area (Å²) in [7, 11) is 0. The Morgan fingerprint density at radius 2 is 1.73 bits per heavy atom. The zero-order chi connectivity index (χ0) is 16.7. The first-order valence-electron chi connectivity index (χ1n) is 8.00. The van der Waals surface area contributed by atoms with Crippen molar-refractivity contribution in [2.75, 3.05) is 0 Å². The number of rotatable bonds is 8. The highest BCUT2D eigenvalue weighted by Crippen LogP contribution is 2.31. The predicted octanol–water partition coefficient (Wildman–Crippen LogP) is 3.69. The van der Waals surface area contributed by atoms with Crippen LogP contribution >= 0.6 is 0 Å². The second-order valence-corrected chi connectivity index (χ2v) is 6.67. The molecule has 0 aliphatic rings. The maximum atomic E-state index is 11.1. The van der Waals surface area contributed by atoms with Gasteiger partial charge in [0.05, 0.1) is 6.10 Å². The summed E-state index contributed by atoms with van der Waals surface area (Å²) in [4.78, 5) is 11.1. The Bertz CT molecular complexity index is 445. The number of carbonyl (C=O) groups is 1. The maximum Gasteiger partial charge on any atom is 0.404 e. The number of benzene rings is 1. The van der Waals surface area contributed by atoms with Crippen molar-refractivity contribution in [2.24, 2.45) is 17.6 Å². The molecule has 4 heteroatoms. The fraction of sp³-hybridized carbons (Fsp3) is 0.611. The van der Waals surface area contributed by atoms with Gasteiger partial charge in [-0.2, -0.15) is 0 Å². The lowest BCUT2D eigenvalue weighted by atomic mass is 9.82. The average molecular weight is 307 g/mol. The highest BCUT2D eigenvalue weighted by atomic mass is 16.6. The number of hydrogen-bond donors (Lipinski definition) is 2. The standard InChI is InChI=1S/C18H29NO3/c1-12(2)10-17(22-18(19)21)16(20)11-15(13(3)4)14-8-6-5-7-9-14/h5-9,12-13,15-17,20H,10-11H2,1-4H3,(H2,19,21)/t15-,16+,17-/m0/s1. The Hall–Kier alpha value is -1.55. The molecule has 1 aromatic carbocycles. The van der Waals surface area contributed by atoms with Crippen LogP contribution in [0.2, 0.25) is 0 Å². The van der Waals surface area contributed by atoms with Gasteiger partial charge in [-0.3, -0.25) is 0 Å². The molecular formula is C18H29NO3. The molecule has 0 radical (unpaired) electrons. The first-order chi connectivity index (χ1) is 10.3. The van der Waals surface area contributed by atoms with Crippen molar-refractivity contribution >= 4 is 6.09 Å². The van der Waals surface area contributed by atoms with Crippen molar-refractivity contribution in [2.45, 2.75) is 58.7 Å². The molecule has 124 valence electrons. The molecule has 22 heavy (non-hydrogen) atoms. The molecule has 0 saturated heterocycles. The van der Waals surface area contributed by atoms with Crippen molar-refractivity contribution in [3.05, 3.63) is 35.9 Å². The highest BCUT2D eigenvalue weighted by Gasteiger charge is 2.28. The monoisotopic (exact) mass is 307 g/mol. The third-order valence-electron chi connectivity index (χ3n) is 3.93. The Morgan fingerprint density at radius 1 is 1.14 bits per heavy atom. The maximum absolute atomic E-state index is 11.1. The van der Waals surface area contributed by atoms with Crippen molar-refractivity contribution in [1.82, 2.24) is 0 Å². The van der Waals surface area contributed by atoms with Crippen LogP contribution in [0.5, 0.6) is 0 Å². The molecule has 1 rings (SSSR count). The number of ether oxygens (including phenoxy) is 1. The first kappa shape index (κ1) is 18.5. The van der Waals surface area contributed by atoms with E-state index in [9.17, 15) is 9.90 Å². The number of hydrogen-bond acceptors (Lipinski definition) is 3. The molecule has 0 spiro atoms. The van der Waals surface area contributed by atoms with E-state index in [1.807, 2.05) is 32.0 Å². The quantitative estimate of drug-likeness (QED) is 0.769. The van der Waals surface area contributed by atoms with E-state index in [1.165, 1.54) is 5.56 Å². The number of primary amides is 1. The summed E-state index contributed by atoms with van der Waals surface area (Å²) >= 11 is 0. The van der Waals surface area contributed by atoms with Gasteiger partial charge in [-0.05, 0) is 36.2 Å². The van der Waals surface area contributed by atoms with Gasteiger partial charge >= 0.3 is 6.09 Å². The summed E-state index contributed by atoms with van der Waals surface area (Å²) in [6.07, 6.45) is -0.953. The van der Waals surface area contributed by atoms with Crippen LogP contribution in [0.3, 0.4) is 0 Å². The summed E-state index contributed by atoms with van der Waals surface area (Å²) in [5, 5.41) is 10.6. The zero-order valence-corrected chi connectivity index (χ0v) is 14.0. The van der Waals surface area contributed by atoms with E-state index in [2.05, 4.69) is 26.0 Å². The fourth-order valence-corrected chi connectivity index (χ4v) is 2.80. The van der Waals surface area contributed by atoms with E-state index in [-0.39, 0.29) is 5.92 Å². The van der Waals surface area contributed by atoms with E-state index in [0.29, 0.717) is 24.7 Å². The van der Waals surface area contributed by atoms with Gasteiger partial charge in [0.25, 0.3) is 0 Å². The molecule has 3 atom stereocenters. The minimum Gasteiger partial charge on any atom is -0.444 e. The number of nitrogens with two attached hydrogens (primary N) is 1. The van der Waals surface area contributed by atoms with E-state index < -0.39 is 18.3 Å². The molecule has 4 nitrogen and oxygen atoms in total. The van der Waals surface area contributed by atoms with Crippen LogP contribution in [-0.4, -0.2) is 23.4 Å². The number of aliphatic hydroxyl groups excluding tert-OH is 1. The topological polar surface area (TPSA) is 72.5 Å². The largest absolute Gasteiger partial charge is 0.444 e. The summed E-state index contributed by atoms with van der Waals surface area (Å²) in [6, 6.07) is 10.1. The first-order valence-corrected chi connectivity index (χ1v) is 8.00. The smallest absolute Gasteiger partial charge is 0.404 e. The van der Waals surface area contributed by atoms with Crippen molar-refractivity contribution in [3.8, 4) is 0 Å². The summed E-state index contributed by atoms with van der Waals surface area (Å²) in [5.74, 6) is 0.904. The van der Waals surface area contributed by atoms with Crippen LogP contribution in [0.15, 0.2) is 30.3 Å². The lowest BCUT2D eigenvalue weighted by Crippen LogP contribution is -2.36. The van der Waals surface area contributed by atoms with E-state index in [1.54, 1.807) is 0 Å². The molecule has 0 aromatic heterocycles. The van der Waals surface area contributed by atoms with Crippen LogP contribution in [0, 0.1) is 11.8 Å². The lowest BCUT2D eigenvalue weighted by molar-refractivity contribution is -0.0130. The molecule has 0 unspecified atom stereocenters. The molecular weight excluding hydrogens is 278 g/mol. The molecule has 0 aliphatic heterocycles. The lowest BCUT2D eigenvalue weighted by Gasteiger charge is -2.29. The Kier molecular flexibility index (Phi) is 7.39. The molecule has 1 aromatic rings. The van der Waals surface area contributed by atoms with Gasteiger partial charge in [-0.25, -0.2) is 4.79 Å². The number of aliphatic hydroxyl groups is 1. The zero-order valence-electron chi connectivity index (χ0n) is 14.0. The number of carbonyl (C=O) groups excluding carboxylic acids is 1. The third kappa shape index (κ3) is 6.06. The average Bonchev–Trinajstić information content (AvgIpc) is 2.43. The summed E-state index contributed by atoms with van der Waals surface area (Å²) in [5.41, 5.74) is 6.33. The van der Waals surface area contributed by atoms with Gasteiger partial charge in [0.1, 0.15) is 6.10 Å². The summed E-state index contributed by atoms with van der Waals surface area (Å²) < 4.78 is 5.13. The normalized spacial score (nSPS) is 15.6. The van der Waals surface area contributed by atoms with E-state index >= 15 is 0 Å². The Balaban J connectivity index is 2.83. The Labute approximate surface area is 133 Å². The molecule has 0 fully saturated rings. The molecule has 0 heterocycles. The van der Waals surface area contributed by atoms with Gasteiger partial charge in [0.15, 0.2) is 0 Å². The molecule has 1 amide bonds. The highest BCUT2D eigenvalue weighted by molar-refractivity contribution is 5.64. The van der Waals surface area contributed by atoms with Gasteiger partial charge in [0.2, 0.25) is 0 Å². The predicted molar refractivity (Wildman–Crippen MR) is 88.6 cm³/mol. The van der Waals surface area contributed by atoms with E-state index in [4.69, 9.17) is 10.5 Å². The van der Waals surface area contributed by atoms with Crippen molar-refractivity contribution in [1.29, 1.82) is 0 Å². The van der Waals surface area contributed by atoms with Crippen LogP contribution in [0.1, 0.15) is 52.0 Å². The van der Waals surface area contributed by atoms with Crippen LogP contribution in [0.4, 0.5) is 4.79 Å². The minimum absolute atomic E-state index is 0.210. The summed E-state index contributed by atoms with van der Waals surface area (Å²) in [6.45, 7) is 8.33. The molecule has 3 N–H and O–H groups in total. The molecule has 0 aliphatic carbocycles. The third-order valence-corrected chi connectivity index (χ3v) is 3.93. The molecule has 0 bridgehead atoms. The fourth-order valence-electron chi connectivity index (χ4n) is 2.80. The minimum atomic E-state index is -0.828.